The molecule has 1 saturated heterocycles. The normalized spacial score (nSPS) is 24.0. The lowest BCUT2D eigenvalue weighted by molar-refractivity contribution is 0.171. The molecule has 1 fully saturated rings. The molecule has 72 valence electrons. The Morgan fingerprint density at radius 1 is 1.62 bits per heavy atom. The topological polar surface area (TPSA) is 62.4 Å². The first-order valence-electron chi connectivity index (χ1n) is 4.43. The Labute approximate surface area is 76.4 Å². The van der Waals surface area contributed by atoms with Crippen molar-refractivity contribution < 1.29 is 9.52 Å². The second-order valence-corrected chi connectivity index (χ2v) is 3.39. The van der Waals surface area contributed by atoms with E-state index in [0.717, 1.165) is 13.0 Å². The molecule has 5 nitrogen and oxygen atoms in total. The van der Waals surface area contributed by atoms with E-state index in [1.165, 1.54) is 0 Å². The van der Waals surface area contributed by atoms with Crippen LogP contribution in [0.2, 0.25) is 0 Å². The third kappa shape index (κ3) is 2.05. The Hall–Kier alpha value is -0.940. The number of aryl methyl sites for hydroxylation is 1. The molecule has 0 bridgehead atoms. The van der Waals surface area contributed by atoms with Crippen molar-refractivity contribution in [3.8, 4) is 0 Å². The molecule has 0 amide bonds. The van der Waals surface area contributed by atoms with Crippen LogP contribution in [0.1, 0.15) is 18.2 Å². The number of aliphatic hydroxyl groups is 1. The van der Waals surface area contributed by atoms with Crippen LogP contribution in [0.5, 0.6) is 0 Å². The molecular formula is C8H13N3O2. The van der Waals surface area contributed by atoms with Gasteiger partial charge in [-0.05, 0) is 6.42 Å². The number of aromatic nitrogens is 2. The van der Waals surface area contributed by atoms with Crippen molar-refractivity contribution in [3.63, 3.8) is 0 Å². The Balaban J connectivity index is 1.91. The van der Waals surface area contributed by atoms with Gasteiger partial charge in [-0.15, -0.1) is 10.2 Å². The molecule has 2 heterocycles. The number of hydrogen-bond acceptors (Lipinski definition) is 5. The van der Waals surface area contributed by atoms with Crippen LogP contribution in [0.15, 0.2) is 4.42 Å². The number of rotatable bonds is 2. The molecule has 2 rings (SSSR count). The van der Waals surface area contributed by atoms with E-state index in [0.29, 0.717) is 24.9 Å². The van der Waals surface area contributed by atoms with Crippen molar-refractivity contribution in [2.24, 2.45) is 0 Å². The van der Waals surface area contributed by atoms with E-state index in [4.69, 9.17) is 4.42 Å². The second kappa shape index (κ2) is 3.43. The maximum absolute atomic E-state index is 9.27. The van der Waals surface area contributed by atoms with Crippen molar-refractivity contribution >= 4 is 0 Å². The lowest BCUT2D eigenvalue weighted by atomic mass is 10.3. The molecule has 1 aliphatic heterocycles. The van der Waals surface area contributed by atoms with E-state index in [9.17, 15) is 5.11 Å². The summed E-state index contributed by atoms with van der Waals surface area (Å²) in [5.74, 6) is 1.22. The van der Waals surface area contributed by atoms with Gasteiger partial charge in [0.2, 0.25) is 11.8 Å². The summed E-state index contributed by atoms with van der Waals surface area (Å²) in [4.78, 5) is 2.11. The van der Waals surface area contributed by atoms with Crippen LogP contribution in [-0.4, -0.2) is 39.4 Å². The minimum atomic E-state index is -0.191. The molecule has 0 saturated carbocycles. The first kappa shape index (κ1) is 8.65. The Kier molecular flexibility index (Phi) is 2.28. The summed E-state index contributed by atoms with van der Waals surface area (Å²) in [5, 5.41) is 16.9. The molecule has 1 aromatic heterocycles. The third-order valence-electron chi connectivity index (χ3n) is 2.17. The van der Waals surface area contributed by atoms with E-state index in [-0.39, 0.29) is 6.10 Å². The van der Waals surface area contributed by atoms with Crippen LogP contribution in [0.25, 0.3) is 0 Å². The fraction of sp³-hybridized carbons (Fsp3) is 0.750. The van der Waals surface area contributed by atoms with Crippen molar-refractivity contribution in [1.82, 2.24) is 15.1 Å². The predicted molar refractivity (Wildman–Crippen MR) is 44.9 cm³/mol. The molecular weight excluding hydrogens is 170 g/mol. The first-order chi connectivity index (χ1) is 6.24. The van der Waals surface area contributed by atoms with Gasteiger partial charge in [-0.25, -0.2) is 0 Å². The number of nitrogens with zero attached hydrogens (tertiary/aromatic N) is 3. The number of likely N-dealkylation sites (tertiary alicyclic amines) is 1. The zero-order valence-electron chi connectivity index (χ0n) is 7.60. The number of aliphatic hydroxyl groups excluding tert-OH is 1. The molecule has 0 aliphatic carbocycles. The van der Waals surface area contributed by atoms with Gasteiger partial charge in [0.15, 0.2) is 0 Å². The SMILES string of the molecule is Cc1nnc(CN2CCC(O)C2)o1. The van der Waals surface area contributed by atoms with E-state index in [1.54, 1.807) is 6.92 Å². The molecule has 1 unspecified atom stereocenters. The van der Waals surface area contributed by atoms with Crippen LogP contribution in [-0.2, 0) is 6.54 Å². The average molecular weight is 183 g/mol. The molecule has 0 aromatic carbocycles. The van der Waals surface area contributed by atoms with Gasteiger partial charge in [0.1, 0.15) is 0 Å². The van der Waals surface area contributed by atoms with E-state index in [2.05, 4.69) is 15.1 Å². The highest BCUT2D eigenvalue weighted by atomic mass is 16.4. The van der Waals surface area contributed by atoms with Crippen LogP contribution >= 0.6 is 0 Å². The second-order valence-electron chi connectivity index (χ2n) is 3.39. The molecule has 13 heavy (non-hydrogen) atoms. The fourth-order valence-corrected chi connectivity index (χ4v) is 1.55. The molecule has 1 aromatic rings. The van der Waals surface area contributed by atoms with Crippen molar-refractivity contribution in [1.29, 1.82) is 0 Å². The number of β-amino-alcohol motifs (C(OH)–C–C–N with tert-alkyl or cyclic N) is 1. The van der Waals surface area contributed by atoms with Crippen molar-refractivity contribution in [2.75, 3.05) is 13.1 Å². The zero-order chi connectivity index (χ0) is 9.26. The molecule has 0 spiro atoms. The Morgan fingerprint density at radius 3 is 3.00 bits per heavy atom. The van der Waals surface area contributed by atoms with Crippen molar-refractivity contribution in [2.45, 2.75) is 26.0 Å². The van der Waals surface area contributed by atoms with Gasteiger partial charge < -0.3 is 9.52 Å². The van der Waals surface area contributed by atoms with Gasteiger partial charge in [0, 0.05) is 20.0 Å². The minimum absolute atomic E-state index is 0.191. The summed E-state index contributed by atoms with van der Waals surface area (Å²) in [6, 6.07) is 0. The lowest BCUT2D eigenvalue weighted by Crippen LogP contribution is -2.21. The van der Waals surface area contributed by atoms with Crippen LogP contribution < -0.4 is 0 Å². The molecule has 5 heteroatoms. The quantitative estimate of drug-likeness (QED) is 0.696. The summed E-state index contributed by atoms with van der Waals surface area (Å²) in [6.45, 7) is 4.04. The van der Waals surface area contributed by atoms with Crippen LogP contribution in [0.4, 0.5) is 0 Å². The smallest absolute Gasteiger partial charge is 0.230 e. The van der Waals surface area contributed by atoms with E-state index < -0.39 is 0 Å². The largest absolute Gasteiger partial charge is 0.424 e. The highest BCUT2D eigenvalue weighted by Gasteiger charge is 2.21. The van der Waals surface area contributed by atoms with Crippen molar-refractivity contribution in [3.05, 3.63) is 11.8 Å². The monoisotopic (exact) mass is 183 g/mol. The van der Waals surface area contributed by atoms with Gasteiger partial charge in [-0.1, -0.05) is 0 Å². The lowest BCUT2D eigenvalue weighted by Gasteiger charge is -2.10. The maximum Gasteiger partial charge on any atom is 0.230 e. The summed E-state index contributed by atoms with van der Waals surface area (Å²) in [7, 11) is 0. The van der Waals surface area contributed by atoms with Gasteiger partial charge in [-0.2, -0.15) is 0 Å². The van der Waals surface area contributed by atoms with Crippen LogP contribution in [0.3, 0.4) is 0 Å². The van der Waals surface area contributed by atoms with Gasteiger partial charge in [-0.3, -0.25) is 4.90 Å². The summed E-state index contributed by atoms with van der Waals surface area (Å²) in [5.41, 5.74) is 0. The maximum atomic E-state index is 9.27. The van der Waals surface area contributed by atoms with Gasteiger partial charge >= 0.3 is 0 Å². The van der Waals surface area contributed by atoms with Gasteiger partial charge in [0.05, 0.1) is 12.6 Å². The van der Waals surface area contributed by atoms with E-state index in [1.807, 2.05) is 0 Å². The van der Waals surface area contributed by atoms with Crippen LogP contribution in [0, 0.1) is 6.92 Å². The zero-order valence-corrected chi connectivity index (χ0v) is 7.60. The molecule has 1 N–H and O–H groups in total. The average Bonchev–Trinajstić information content (AvgIpc) is 2.62. The standard InChI is InChI=1S/C8H13N3O2/c1-6-9-10-8(13-6)5-11-3-2-7(12)4-11/h7,12H,2-5H2,1H3. The van der Waals surface area contributed by atoms with Gasteiger partial charge in [0.25, 0.3) is 0 Å². The third-order valence-corrected chi connectivity index (χ3v) is 2.17. The summed E-state index contributed by atoms with van der Waals surface area (Å²) >= 11 is 0. The molecule has 0 radical (unpaired) electrons. The highest BCUT2D eigenvalue weighted by molar-refractivity contribution is 4.82. The van der Waals surface area contributed by atoms with E-state index >= 15 is 0 Å². The summed E-state index contributed by atoms with van der Waals surface area (Å²) in [6.07, 6.45) is 0.650. The Morgan fingerprint density at radius 2 is 2.46 bits per heavy atom. The Bertz CT molecular complexity index is 287. The molecule has 1 aliphatic rings. The summed E-state index contributed by atoms with van der Waals surface area (Å²) < 4.78 is 5.24. The minimum Gasteiger partial charge on any atom is -0.424 e. The molecule has 1 atom stereocenters. The number of hydrogen-bond donors (Lipinski definition) is 1. The highest BCUT2D eigenvalue weighted by Crippen LogP contribution is 2.12. The fourth-order valence-electron chi connectivity index (χ4n) is 1.55. The first-order valence-corrected chi connectivity index (χ1v) is 4.43. The predicted octanol–water partition coefficient (Wildman–Crippen LogP) is -0.0554.